The molecule has 0 saturated heterocycles. The minimum absolute atomic E-state index is 0.163. The number of aromatic nitrogens is 1. The van der Waals surface area contributed by atoms with Gasteiger partial charge in [0.15, 0.2) is 5.13 Å². The average Bonchev–Trinajstić information content (AvgIpc) is 2.78. The zero-order chi connectivity index (χ0) is 17.3. The molecule has 3 N–H and O–H groups in total. The van der Waals surface area contributed by atoms with Crippen LogP contribution in [0.3, 0.4) is 0 Å². The van der Waals surface area contributed by atoms with Crippen molar-refractivity contribution in [3.8, 4) is 0 Å². The van der Waals surface area contributed by atoms with Gasteiger partial charge in [-0.25, -0.2) is 4.98 Å². The Hall–Kier alpha value is -2.74. The maximum atomic E-state index is 12.2. The molecule has 0 spiro atoms. The first kappa shape index (κ1) is 16.1. The Morgan fingerprint density at radius 1 is 1.29 bits per heavy atom. The number of aryl methyl sites for hydroxylation is 2. The van der Waals surface area contributed by atoms with Crippen LogP contribution in [0.4, 0.5) is 10.8 Å². The van der Waals surface area contributed by atoms with E-state index in [0.29, 0.717) is 16.4 Å². The highest BCUT2D eigenvalue weighted by molar-refractivity contribution is 7.15. The molecule has 24 heavy (non-hydrogen) atoms. The van der Waals surface area contributed by atoms with Crippen molar-refractivity contribution in [2.75, 3.05) is 10.6 Å². The van der Waals surface area contributed by atoms with E-state index < -0.39 is 11.9 Å². The second-order valence-corrected chi connectivity index (χ2v) is 6.68. The van der Waals surface area contributed by atoms with Crippen molar-refractivity contribution in [3.05, 3.63) is 40.4 Å². The van der Waals surface area contributed by atoms with E-state index in [1.807, 2.05) is 13.8 Å². The molecule has 1 unspecified atom stereocenters. The van der Waals surface area contributed by atoms with Gasteiger partial charge in [0.2, 0.25) is 11.8 Å². The number of fused-ring (bicyclic) bond motifs is 1. The molecule has 0 radical (unpaired) electrons. The molecule has 1 aliphatic rings. The van der Waals surface area contributed by atoms with E-state index in [4.69, 9.17) is 0 Å². The summed E-state index contributed by atoms with van der Waals surface area (Å²) in [7, 11) is 0. The summed E-state index contributed by atoms with van der Waals surface area (Å²) in [6.07, 6.45) is -0.163. The highest BCUT2D eigenvalue weighted by Gasteiger charge is 2.29. The third-order valence-corrected chi connectivity index (χ3v) is 4.70. The summed E-state index contributed by atoms with van der Waals surface area (Å²) < 4.78 is 0. The Balaban J connectivity index is 1.70. The fourth-order valence-electron chi connectivity index (χ4n) is 2.34. The Morgan fingerprint density at radius 2 is 2.04 bits per heavy atom. The van der Waals surface area contributed by atoms with Crippen molar-refractivity contribution < 1.29 is 14.4 Å². The number of carbonyl (C=O) groups excluding carboxylic acids is 3. The summed E-state index contributed by atoms with van der Waals surface area (Å²) in [5.74, 6) is -1.19. The van der Waals surface area contributed by atoms with E-state index in [1.165, 1.54) is 11.3 Å². The molecule has 0 fully saturated rings. The van der Waals surface area contributed by atoms with Gasteiger partial charge in [-0.15, -0.1) is 11.3 Å². The zero-order valence-electron chi connectivity index (χ0n) is 13.2. The summed E-state index contributed by atoms with van der Waals surface area (Å²) in [5, 5.41) is 8.41. The lowest BCUT2D eigenvalue weighted by atomic mass is 10.1. The van der Waals surface area contributed by atoms with Gasteiger partial charge < -0.3 is 16.0 Å². The maximum Gasteiger partial charge on any atom is 0.254 e. The number of amides is 3. The van der Waals surface area contributed by atoms with Crippen LogP contribution in [0.2, 0.25) is 0 Å². The molecule has 0 bridgehead atoms. The molecule has 0 saturated carbocycles. The molecule has 1 aliphatic heterocycles. The van der Waals surface area contributed by atoms with Gasteiger partial charge in [0, 0.05) is 4.88 Å². The van der Waals surface area contributed by atoms with Crippen LogP contribution in [-0.2, 0) is 9.59 Å². The predicted octanol–water partition coefficient (Wildman–Crippen LogP) is 1.84. The standard InChI is InChI=1S/C16H16N4O3S/c1-8-9(2)24-16(17-8)20-13(21)7-12-15(23)18-11-6-4-3-5-10(11)14(22)19-12/h3-6,12H,7H2,1-2H3,(H,18,23)(H,19,22)(H,17,20,21). The zero-order valence-corrected chi connectivity index (χ0v) is 14.0. The Kier molecular flexibility index (Phi) is 4.30. The van der Waals surface area contributed by atoms with Gasteiger partial charge in [-0.05, 0) is 26.0 Å². The first-order valence-electron chi connectivity index (χ1n) is 7.38. The molecule has 3 amide bonds. The molecule has 1 aromatic heterocycles. The molecule has 0 aliphatic carbocycles. The lowest BCUT2D eigenvalue weighted by Crippen LogP contribution is -2.43. The van der Waals surface area contributed by atoms with E-state index in [0.717, 1.165) is 10.6 Å². The average molecular weight is 344 g/mol. The molecule has 1 atom stereocenters. The number of benzene rings is 1. The number of nitrogens with zero attached hydrogens (tertiary/aromatic N) is 1. The minimum atomic E-state index is -0.938. The number of rotatable bonds is 3. The number of para-hydroxylation sites is 1. The molecular formula is C16H16N4O3S. The van der Waals surface area contributed by atoms with E-state index >= 15 is 0 Å². The van der Waals surface area contributed by atoms with Crippen LogP contribution in [0, 0.1) is 13.8 Å². The second-order valence-electron chi connectivity index (χ2n) is 5.47. The van der Waals surface area contributed by atoms with Gasteiger partial charge in [0.1, 0.15) is 6.04 Å². The quantitative estimate of drug-likeness (QED) is 0.791. The van der Waals surface area contributed by atoms with Crippen molar-refractivity contribution in [2.45, 2.75) is 26.3 Å². The summed E-state index contributed by atoms with van der Waals surface area (Å²) in [6.45, 7) is 3.77. The van der Waals surface area contributed by atoms with Gasteiger partial charge in [-0.1, -0.05) is 12.1 Å². The number of nitrogens with one attached hydrogen (secondary N) is 3. The first-order valence-corrected chi connectivity index (χ1v) is 8.20. The number of thiazole rings is 1. The summed E-state index contributed by atoms with van der Waals surface area (Å²) >= 11 is 1.37. The normalized spacial score (nSPS) is 16.7. The molecule has 1 aromatic carbocycles. The summed E-state index contributed by atoms with van der Waals surface area (Å²) in [4.78, 5) is 41.9. The van der Waals surface area contributed by atoms with Gasteiger partial charge >= 0.3 is 0 Å². The fraction of sp³-hybridized carbons (Fsp3) is 0.250. The van der Waals surface area contributed by atoms with Crippen molar-refractivity contribution in [1.82, 2.24) is 10.3 Å². The molecule has 7 nitrogen and oxygen atoms in total. The molecule has 3 rings (SSSR count). The summed E-state index contributed by atoms with van der Waals surface area (Å²) in [5.41, 5.74) is 1.67. The monoisotopic (exact) mass is 344 g/mol. The van der Waals surface area contributed by atoms with Crippen LogP contribution in [-0.4, -0.2) is 28.7 Å². The Morgan fingerprint density at radius 3 is 2.75 bits per heavy atom. The summed E-state index contributed by atoms with van der Waals surface area (Å²) in [6, 6.07) is 5.77. The Bertz CT molecular complexity index is 811. The number of carbonyl (C=O) groups is 3. The van der Waals surface area contributed by atoms with E-state index in [1.54, 1.807) is 24.3 Å². The van der Waals surface area contributed by atoms with Crippen LogP contribution in [0.25, 0.3) is 0 Å². The van der Waals surface area contributed by atoms with Gasteiger partial charge in [0.05, 0.1) is 23.4 Å². The van der Waals surface area contributed by atoms with E-state index in [9.17, 15) is 14.4 Å². The minimum Gasteiger partial charge on any atom is -0.340 e. The maximum absolute atomic E-state index is 12.2. The largest absolute Gasteiger partial charge is 0.340 e. The van der Waals surface area contributed by atoms with Crippen LogP contribution >= 0.6 is 11.3 Å². The van der Waals surface area contributed by atoms with Crippen LogP contribution < -0.4 is 16.0 Å². The lowest BCUT2D eigenvalue weighted by molar-refractivity contribution is -0.122. The van der Waals surface area contributed by atoms with E-state index in [2.05, 4.69) is 20.9 Å². The highest BCUT2D eigenvalue weighted by Crippen LogP contribution is 2.22. The van der Waals surface area contributed by atoms with Crippen molar-refractivity contribution >= 4 is 39.9 Å². The molecule has 2 heterocycles. The fourth-order valence-corrected chi connectivity index (χ4v) is 3.17. The number of hydrogen-bond acceptors (Lipinski definition) is 5. The molecule has 8 heteroatoms. The third-order valence-electron chi connectivity index (χ3n) is 3.72. The van der Waals surface area contributed by atoms with Crippen LogP contribution in [0.5, 0.6) is 0 Å². The van der Waals surface area contributed by atoms with Gasteiger partial charge in [-0.3, -0.25) is 14.4 Å². The topological polar surface area (TPSA) is 100 Å². The molecule has 2 aromatic rings. The van der Waals surface area contributed by atoms with E-state index in [-0.39, 0.29) is 18.2 Å². The van der Waals surface area contributed by atoms with Crippen molar-refractivity contribution in [2.24, 2.45) is 0 Å². The smallest absolute Gasteiger partial charge is 0.254 e. The first-order chi connectivity index (χ1) is 11.4. The van der Waals surface area contributed by atoms with Crippen molar-refractivity contribution in [1.29, 1.82) is 0 Å². The number of hydrogen-bond donors (Lipinski definition) is 3. The number of anilines is 2. The second kappa shape index (κ2) is 6.40. The van der Waals surface area contributed by atoms with Crippen LogP contribution in [0.15, 0.2) is 24.3 Å². The SMILES string of the molecule is Cc1nc(NC(=O)CC2NC(=O)c3ccccc3NC2=O)sc1C. The van der Waals surface area contributed by atoms with Gasteiger partial charge in [0.25, 0.3) is 5.91 Å². The van der Waals surface area contributed by atoms with Crippen LogP contribution in [0.1, 0.15) is 27.3 Å². The molecule has 124 valence electrons. The third kappa shape index (κ3) is 3.28. The Labute approximate surface area is 142 Å². The molecular weight excluding hydrogens is 328 g/mol. The highest BCUT2D eigenvalue weighted by atomic mass is 32.1. The van der Waals surface area contributed by atoms with Crippen molar-refractivity contribution in [3.63, 3.8) is 0 Å². The lowest BCUT2D eigenvalue weighted by Gasteiger charge is -2.13. The predicted molar refractivity (Wildman–Crippen MR) is 91.2 cm³/mol. The van der Waals surface area contributed by atoms with Gasteiger partial charge in [-0.2, -0.15) is 0 Å².